The standard InChI is InChI=1S/C22H18O5/c1-11(23)12-8-9-15-16(10-12)22(27-3)18-17(21(15)26-2)19(24)13-6-4-5-7-14(13)20(18)25/h4-8H,9-10H2,1-3H3. The molecule has 2 aliphatic carbocycles. The lowest BCUT2D eigenvalue weighted by Gasteiger charge is -2.28. The molecule has 2 aliphatic rings. The first kappa shape index (κ1) is 17.2. The molecule has 0 heterocycles. The minimum Gasteiger partial charge on any atom is -0.496 e. The smallest absolute Gasteiger partial charge is 0.198 e. The highest BCUT2D eigenvalue weighted by atomic mass is 16.5. The molecule has 0 N–H and O–H groups in total. The molecule has 0 fully saturated rings. The fourth-order valence-corrected chi connectivity index (χ4v) is 3.99. The van der Waals surface area contributed by atoms with Crippen LogP contribution in [0.2, 0.25) is 0 Å². The second-order valence-corrected chi connectivity index (χ2v) is 6.64. The number of allylic oxidation sites excluding steroid dienone is 2. The van der Waals surface area contributed by atoms with E-state index in [-0.39, 0.29) is 28.5 Å². The van der Waals surface area contributed by atoms with Crippen molar-refractivity contribution < 1.29 is 23.9 Å². The molecule has 0 radical (unpaired) electrons. The summed E-state index contributed by atoms with van der Waals surface area (Å²) in [5, 5.41) is 0. The zero-order valence-corrected chi connectivity index (χ0v) is 15.3. The number of carbonyl (C=O) groups is 3. The zero-order valence-electron chi connectivity index (χ0n) is 15.3. The minimum absolute atomic E-state index is 0.0212. The normalized spacial score (nSPS) is 14.7. The third kappa shape index (κ3) is 2.35. The van der Waals surface area contributed by atoms with Crippen LogP contribution in [0, 0.1) is 0 Å². The largest absolute Gasteiger partial charge is 0.496 e. The molecule has 0 saturated carbocycles. The zero-order chi connectivity index (χ0) is 19.3. The van der Waals surface area contributed by atoms with Crippen molar-refractivity contribution >= 4 is 17.3 Å². The van der Waals surface area contributed by atoms with Crippen molar-refractivity contribution in [1.82, 2.24) is 0 Å². The van der Waals surface area contributed by atoms with Gasteiger partial charge in [0.25, 0.3) is 0 Å². The first-order valence-electron chi connectivity index (χ1n) is 8.67. The van der Waals surface area contributed by atoms with Gasteiger partial charge in [0.05, 0.1) is 25.3 Å². The average molecular weight is 362 g/mol. The molecule has 0 bridgehead atoms. The van der Waals surface area contributed by atoms with E-state index in [0.717, 1.165) is 11.1 Å². The quantitative estimate of drug-likeness (QED) is 0.716. The van der Waals surface area contributed by atoms with Crippen molar-refractivity contribution in [1.29, 1.82) is 0 Å². The second kappa shape index (κ2) is 6.20. The number of methoxy groups -OCH3 is 2. The van der Waals surface area contributed by atoms with E-state index in [0.29, 0.717) is 41.0 Å². The van der Waals surface area contributed by atoms with Gasteiger partial charge in [0.15, 0.2) is 17.3 Å². The molecule has 0 unspecified atom stereocenters. The molecule has 5 heteroatoms. The van der Waals surface area contributed by atoms with Crippen molar-refractivity contribution in [2.24, 2.45) is 0 Å². The molecule has 4 rings (SSSR count). The highest BCUT2D eigenvalue weighted by molar-refractivity contribution is 6.30. The first-order valence-corrected chi connectivity index (χ1v) is 8.67. The molecular formula is C22H18O5. The van der Waals surface area contributed by atoms with Crippen LogP contribution in [0.25, 0.3) is 0 Å². The summed E-state index contributed by atoms with van der Waals surface area (Å²) in [6, 6.07) is 6.76. The number of benzene rings is 2. The number of hydrogen-bond donors (Lipinski definition) is 0. The Morgan fingerprint density at radius 1 is 0.889 bits per heavy atom. The van der Waals surface area contributed by atoms with Gasteiger partial charge in [-0.2, -0.15) is 0 Å². The van der Waals surface area contributed by atoms with E-state index in [1.807, 2.05) is 6.08 Å². The molecule has 0 spiro atoms. The van der Waals surface area contributed by atoms with Gasteiger partial charge in [-0.3, -0.25) is 14.4 Å². The summed E-state index contributed by atoms with van der Waals surface area (Å²) in [7, 11) is 2.97. The summed E-state index contributed by atoms with van der Waals surface area (Å²) < 4.78 is 11.2. The number of ketones is 3. The van der Waals surface area contributed by atoms with Gasteiger partial charge in [0.1, 0.15) is 11.5 Å². The Morgan fingerprint density at radius 3 is 1.89 bits per heavy atom. The number of rotatable bonds is 3. The van der Waals surface area contributed by atoms with Crippen LogP contribution in [0.4, 0.5) is 0 Å². The van der Waals surface area contributed by atoms with E-state index in [1.54, 1.807) is 24.3 Å². The van der Waals surface area contributed by atoms with E-state index >= 15 is 0 Å². The predicted molar refractivity (Wildman–Crippen MR) is 99.0 cm³/mol. The molecule has 0 aromatic heterocycles. The molecular weight excluding hydrogens is 344 g/mol. The topological polar surface area (TPSA) is 69.7 Å². The van der Waals surface area contributed by atoms with Crippen LogP contribution < -0.4 is 9.47 Å². The molecule has 27 heavy (non-hydrogen) atoms. The monoisotopic (exact) mass is 362 g/mol. The van der Waals surface area contributed by atoms with Gasteiger partial charge in [-0.25, -0.2) is 0 Å². The van der Waals surface area contributed by atoms with Gasteiger partial charge in [-0.05, 0) is 18.9 Å². The van der Waals surface area contributed by atoms with Gasteiger partial charge in [-0.1, -0.05) is 30.3 Å². The number of ether oxygens (including phenoxy) is 2. The molecule has 5 nitrogen and oxygen atoms in total. The Balaban J connectivity index is 2.06. The number of hydrogen-bond acceptors (Lipinski definition) is 5. The lowest BCUT2D eigenvalue weighted by atomic mass is 9.77. The van der Waals surface area contributed by atoms with Crippen LogP contribution in [-0.2, 0) is 17.6 Å². The maximum atomic E-state index is 13.2. The third-order valence-electron chi connectivity index (χ3n) is 5.27. The average Bonchev–Trinajstić information content (AvgIpc) is 2.69. The van der Waals surface area contributed by atoms with Gasteiger partial charge >= 0.3 is 0 Å². The van der Waals surface area contributed by atoms with Crippen LogP contribution in [-0.4, -0.2) is 31.6 Å². The van der Waals surface area contributed by atoms with Crippen LogP contribution in [0.1, 0.15) is 49.9 Å². The van der Waals surface area contributed by atoms with E-state index in [9.17, 15) is 14.4 Å². The number of Topliss-reactive ketones (excluding diaryl/α,β-unsaturated/α-hetero) is 1. The second-order valence-electron chi connectivity index (χ2n) is 6.64. The van der Waals surface area contributed by atoms with Gasteiger partial charge in [0, 0.05) is 28.7 Å². The van der Waals surface area contributed by atoms with Crippen LogP contribution in [0.5, 0.6) is 11.5 Å². The Labute approximate surface area is 156 Å². The number of carbonyl (C=O) groups excluding carboxylic acids is 3. The van der Waals surface area contributed by atoms with Crippen molar-refractivity contribution in [2.75, 3.05) is 14.2 Å². The highest BCUT2D eigenvalue weighted by Crippen LogP contribution is 2.46. The van der Waals surface area contributed by atoms with Crippen molar-refractivity contribution in [2.45, 2.75) is 19.8 Å². The molecule has 2 aromatic carbocycles. The summed E-state index contributed by atoms with van der Waals surface area (Å²) >= 11 is 0. The van der Waals surface area contributed by atoms with Crippen molar-refractivity contribution in [3.8, 4) is 11.5 Å². The first-order chi connectivity index (χ1) is 13.0. The van der Waals surface area contributed by atoms with Crippen molar-refractivity contribution in [3.05, 3.63) is 69.3 Å². The Bertz CT molecular complexity index is 1060. The summed E-state index contributed by atoms with van der Waals surface area (Å²) in [5.41, 5.74) is 3.38. The Morgan fingerprint density at radius 2 is 1.41 bits per heavy atom. The highest BCUT2D eigenvalue weighted by Gasteiger charge is 2.39. The van der Waals surface area contributed by atoms with E-state index in [2.05, 4.69) is 0 Å². The van der Waals surface area contributed by atoms with E-state index in [4.69, 9.17) is 9.47 Å². The molecule has 0 aliphatic heterocycles. The fraction of sp³-hybridized carbons (Fsp3) is 0.227. The molecule has 0 atom stereocenters. The fourth-order valence-electron chi connectivity index (χ4n) is 3.99. The third-order valence-corrected chi connectivity index (χ3v) is 5.27. The van der Waals surface area contributed by atoms with Crippen molar-refractivity contribution in [3.63, 3.8) is 0 Å². The summed E-state index contributed by atoms with van der Waals surface area (Å²) in [5.74, 6) is 0.219. The molecule has 136 valence electrons. The van der Waals surface area contributed by atoms with Crippen LogP contribution in [0.15, 0.2) is 35.9 Å². The molecule has 0 amide bonds. The summed E-state index contributed by atoms with van der Waals surface area (Å²) in [6.07, 6.45) is 2.64. The van der Waals surface area contributed by atoms with Crippen LogP contribution in [0.3, 0.4) is 0 Å². The lowest BCUT2D eigenvalue weighted by Crippen LogP contribution is -2.25. The SMILES string of the molecule is COc1c2c(c(OC)c3c1C(=O)c1ccccc1C3=O)CC(C(C)=O)=CC2. The van der Waals surface area contributed by atoms with Gasteiger partial charge < -0.3 is 9.47 Å². The number of fused-ring (bicyclic) bond motifs is 3. The maximum absolute atomic E-state index is 13.2. The van der Waals surface area contributed by atoms with E-state index in [1.165, 1.54) is 21.1 Å². The molecule has 0 saturated heterocycles. The van der Waals surface area contributed by atoms with Gasteiger partial charge in [-0.15, -0.1) is 0 Å². The van der Waals surface area contributed by atoms with Gasteiger partial charge in [0.2, 0.25) is 0 Å². The Hall–Kier alpha value is -3.21. The Kier molecular flexibility index (Phi) is 3.95. The lowest BCUT2D eigenvalue weighted by molar-refractivity contribution is -0.113. The maximum Gasteiger partial charge on any atom is 0.198 e. The summed E-state index contributed by atoms with van der Waals surface area (Å²) in [4.78, 5) is 38.3. The van der Waals surface area contributed by atoms with E-state index < -0.39 is 0 Å². The van der Waals surface area contributed by atoms with Crippen LogP contribution >= 0.6 is 0 Å². The predicted octanol–water partition coefficient (Wildman–Crippen LogP) is 3.09. The molecule has 2 aromatic rings. The summed E-state index contributed by atoms with van der Waals surface area (Å²) in [6.45, 7) is 1.52. The minimum atomic E-state index is -0.267.